The van der Waals surface area contributed by atoms with E-state index in [2.05, 4.69) is 10.2 Å². The zero-order chi connectivity index (χ0) is 12.4. The minimum atomic E-state index is 0.294. The van der Waals surface area contributed by atoms with Gasteiger partial charge in [0.15, 0.2) is 5.69 Å². The summed E-state index contributed by atoms with van der Waals surface area (Å²) in [5.41, 5.74) is 1.60. The van der Waals surface area contributed by atoms with Crippen molar-refractivity contribution in [3.8, 4) is 23.1 Å². The Kier molecular flexibility index (Phi) is 3.23. The average Bonchev–Trinajstić information content (AvgIpc) is 2.81. The maximum Gasteiger partial charge on any atom is 0.162 e. The van der Waals surface area contributed by atoms with Crippen molar-refractivity contribution in [1.29, 1.82) is 5.26 Å². The maximum atomic E-state index is 8.69. The zero-order valence-corrected chi connectivity index (χ0v) is 10.3. The first kappa shape index (κ1) is 11.8. The molecular weight excluding hydrogens is 261 g/mol. The molecule has 0 bridgehead atoms. The summed E-state index contributed by atoms with van der Waals surface area (Å²) in [6, 6.07) is 6.99. The molecule has 2 rings (SSSR count). The third-order valence-electron chi connectivity index (χ3n) is 2.25. The number of H-pyrrole nitrogens is 1. The van der Waals surface area contributed by atoms with Crippen LogP contribution in [0.3, 0.4) is 0 Å². The third kappa shape index (κ3) is 2.07. The molecule has 0 atom stereocenters. The molecule has 0 saturated carbocycles. The summed E-state index contributed by atoms with van der Waals surface area (Å²) in [6.07, 6.45) is 0. The topological polar surface area (TPSA) is 61.7 Å². The molecule has 1 aromatic heterocycles. The largest absolute Gasteiger partial charge is 0.495 e. The fourth-order valence-corrected chi connectivity index (χ4v) is 1.91. The van der Waals surface area contributed by atoms with Gasteiger partial charge >= 0.3 is 0 Å². The first-order chi connectivity index (χ1) is 8.17. The summed E-state index contributed by atoms with van der Waals surface area (Å²) in [7, 11) is 1.52. The quantitative estimate of drug-likeness (QED) is 0.909. The highest BCUT2D eigenvalue weighted by molar-refractivity contribution is 6.44. The summed E-state index contributed by atoms with van der Waals surface area (Å²) in [5.74, 6) is 0.500. The highest BCUT2D eigenvalue weighted by Crippen LogP contribution is 2.38. The van der Waals surface area contributed by atoms with Gasteiger partial charge in [0.2, 0.25) is 0 Å². The van der Waals surface area contributed by atoms with Crippen LogP contribution in [-0.2, 0) is 0 Å². The minimum Gasteiger partial charge on any atom is -0.495 e. The molecule has 0 unspecified atom stereocenters. The highest BCUT2D eigenvalue weighted by atomic mass is 35.5. The fourth-order valence-electron chi connectivity index (χ4n) is 1.41. The number of methoxy groups -OCH3 is 1. The number of aromatic nitrogens is 2. The Morgan fingerprint density at radius 3 is 2.71 bits per heavy atom. The van der Waals surface area contributed by atoms with Gasteiger partial charge in [0.25, 0.3) is 0 Å². The van der Waals surface area contributed by atoms with Crippen molar-refractivity contribution in [2.75, 3.05) is 7.11 Å². The van der Waals surface area contributed by atoms with E-state index in [-0.39, 0.29) is 0 Å². The molecule has 0 aliphatic rings. The monoisotopic (exact) mass is 267 g/mol. The Bertz CT molecular complexity index is 601. The van der Waals surface area contributed by atoms with Crippen LogP contribution in [0.25, 0.3) is 11.3 Å². The number of hydrogen-bond acceptors (Lipinski definition) is 3. The van der Waals surface area contributed by atoms with Crippen LogP contribution in [0.5, 0.6) is 5.75 Å². The molecule has 1 aromatic carbocycles. The van der Waals surface area contributed by atoms with E-state index in [9.17, 15) is 0 Å². The minimum absolute atomic E-state index is 0.294. The fraction of sp³-hybridized carbons (Fsp3) is 0.0909. The van der Waals surface area contributed by atoms with Gasteiger partial charge in [-0.1, -0.05) is 23.2 Å². The molecule has 0 spiro atoms. The summed E-state index contributed by atoms with van der Waals surface area (Å²) >= 11 is 12.2. The van der Waals surface area contributed by atoms with Gasteiger partial charge < -0.3 is 4.74 Å². The van der Waals surface area contributed by atoms with Crippen molar-refractivity contribution in [3.05, 3.63) is 33.9 Å². The molecule has 0 radical (unpaired) electrons. The third-order valence-corrected chi connectivity index (χ3v) is 3.11. The molecule has 1 heterocycles. The molecule has 17 heavy (non-hydrogen) atoms. The second-order valence-corrected chi connectivity index (χ2v) is 3.98. The van der Waals surface area contributed by atoms with Crippen LogP contribution in [-0.4, -0.2) is 17.3 Å². The normalized spacial score (nSPS) is 10.0. The van der Waals surface area contributed by atoms with Gasteiger partial charge in [0.1, 0.15) is 16.8 Å². The number of halogens is 2. The Morgan fingerprint density at radius 2 is 2.12 bits per heavy atom. The van der Waals surface area contributed by atoms with Crippen LogP contribution >= 0.6 is 23.2 Å². The van der Waals surface area contributed by atoms with E-state index in [0.717, 1.165) is 0 Å². The van der Waals surface area contributed by atoms with Crippen molar-refractivity contribution in [3.63, 3.8) is 0 Å². The molecule has 0 aliphatic carbocycles. The van der Waals surface area contributed by atoms with Crippen LogP contribution < -0.4 is 4.74 Å². The molecule has 0 aliphatic heterocycles. The van der Waals surface area contributed by atoms with Crippen molar-refractivity contribution in [1.82, 2.24) is 10.2 Å². The highest BCUT2D eigenvalue weighted by Gasteiger charge is 2.13. The second-order valence-electron chi connectivity index (χ2n) is 3.22. The molecule has 0 saturated heterocycles. The number of benzene rings is 1. The molecule has 2 aromatic rings. The number of hydrogen-bond donors (Lipinski definition) is 1. The van der Waals surface area contributed by atoms with Crippen LogP contribution in [0.2, 0.25) is 10.0 Å². The van der Waals surface area contributed by atoms with Gasteiger partial charge in [-0.3, -0.25) is 5.10 Å². The van der Waals surface area contributed by atoms with Gasteiger partial charge in [-0.2, -0.15) is 10.4 Å². The first-order valence-corrected chi connectivity index (χ1v) is 5.41. The zero-order valence-electron chi connectivity index (χ0n) is 8.79. The lowest BCUT2D eigenvalue weighted by Crippen LogP contribution is -1.87. The number of aromatic amines is 1. The summed E-state index contributed by atoms with van der Waals surface area (Å²) in [4.78, 5) is 0. The molecule has 1 N–H and O–H groups in total. The number of rotatable bonds is 2. The maximum absolute atomic E-state index is 8.69. The molecular formula is C11H7Cl2N3O. The Balaban J connectivity index is 2.54. The summed E-state index contributed by atoms with van der Waals surface area (Å²) in [5, 5.41) is 15.9. The van der Waals surface area contributed by atoms with Crippen molar-refractivity contribution in [2.45, 2.75) is 0 Å². The number of nitrogens with one attached hydrogen (secondary N) is 1. The summed E-state index contributed by atoms with van der Waals surface area (Å²) in [6.45, 7) is 0. The summed E-state index contributed by atoms with van der Waals surface area (Å²) < 4.78 is 5.05. The van der Waals surface area contributed by atoms with E-state index >= 15 is 0 Å². The Morgan fingerprint density at radius 1 is 1.35 bits per heavy atom. The van der Waals surface area contributed by atoms with Crippen LogP contribution in [0, 0.1) is 11.3 Å². The van der Waals surface area contributed by atoms with Gasteiger partial charge in [-0.15, -0.1) is 0 Å². The van der Waals surface area contributed by atoms with Crippen LogP contribution in [0.4, 0.5) is 0 Å². The first-order valence-electron chi connectivity index (χ1n) is 4.65. The number of nitrogens with zero attached hydrogens (tertiary/aromatic N) is 2. The predicted molar refractivity (Wildman–Crippen MR) is 65.3 cm³/mol. The Labute approximate surface area is 108 Å². The SMILES string of the molecule is COc1ccc(-c2cc(C#N)n[nH]2)c(Cl)c1Cl. The van der Waals surface area contributed by atoms with Gasteiger partial charge in [-0.05, 0) is 12.1 Å². The van der Waals surface area contributed by atoms with E-state index in [1.807, 2.05) is 6.07 Å². The van der Waals surface area contributed by atoms with E-state index in [1.54, 1.807) is 18.2 Å². The number of nitriles is 1. The molecule has 0 fully saturated rings. The standard InChI is InChI=1S/C11H7Cl2N3O/c1-17-9-3-2-7(10(12)11(9)13)8-4-6(5-14)15-16-8/h2-4H,1H3,(H,15,16). The lowest BCUT2D eigenvalue weighted by atomic mass is 10.1. The van der Waals surface area contributed by atoms with E-state index in [4.69, 9.17) is 33.2 Å². The smallest absolute Gasteiger partial charge is 0.162 e. The van der Waals surface area contributed by atoms with Gasteiger partial charge in [0.05, 0.1) is 17.8 Å². The van der Waals surface area contributed by atoms with Gasteiger partial charge in [0, 0.05) is 11.6 Å². The van der Waals surface area contributed by atoms with Crippen molar-refractivity contribution < 1.29 is 4.74 Å². The average molecular weight is 268 g/mol. The lowest BCUT2D eigenvalue weighted by Gasteiger charge is -2.07. The van der Waals surface area contributed by atoms with E-state index in [0.29, 0.717) is 32.7 Å². The van der Waals surface area contributed by atoms with Crippen LogP contribution in [0.1, 0.15) is 5.69 Å². The lowest BCUT2D eigenvalue weighted by molar-refractivity contribution is 0.415. The number of ether oxygens (including phenoxy) is 1. The molecule has 4 nitrogen and oxygen atoms in total. The van der Waals surface area contributed by atoms with E-state index in [1.165, 1.54) is 7.11 Å². The predicted octanol–water partition coefficient (Wildman–Crippen LogP) is 3.26. The Hall–Kier alpha value is -1.70. The van der Waals surface area contributed by atoms with E-state index < -0.39 is 0 Å². The van der Waals surface area contributed by atoms with Crippen molar-refractivity contribution in [2.24, 2.45) is 0 Å². The van der Waals surface area contributed by atoms with Crippen LogP contribution in [0.15, 0.2) is 18.2 Å². The second kappa shape index (κ2) is 4.66. The molecule has 6 heteroatoms. The molecule has 86 valence electrons. The van der Waals surface area contributed by atoms with Gasteiger partial charge in [-0.25, -0.2) is 0 Å². The molecule has 0 amide bonds. The van der Waals surface area contributed by atoms with Crippen molar-refractivity contribution >= 4 is 23.2 Å².